The van der Waals surface area contributed by atoms with Gasteiger partial charge in [0.2, 0.25) is 0 Å². The Balaban J connectivity index is 1.92. The van der Waals surface area contributed by atoms with Gasteiger partial charge in [-0.1, -0.05) is 0 Å². The summed E-state index contributed by atoms with van der Waals surface area (Å²) in [6.07, 6.45) is 0. The van der Waals surface area contributed by atoms with Crippen LogP contribution in [-0.2, 0) is 4.74 Å². The van der Waals surface area contributed by atoms with Crippen molar-refractivity contribution in [3.63, 3.8) is 0 Å². The number of ether oxygens (including phenoxy) is 3. The first kappa shape index (κ1) is 16.9. The zero-order chi connectivity index (χ0) is 17.2. The van der Waals surface area contributed by atoms with Crippen LogP contribution >= 0.6 is 0 Å². The predicted octanol–water partition coefficient (Wildman–Crippen LogP) is 0.0488. The van der Waals surface area contributed by atoms with Crippen molar-refractivity contribution in [3.8, 4) is 11.5 Å². The molecule has 0 radical (unpaired) electrons. The van der Waals surface area contributed by atoms with E-state index in [2.05, 4.69) is 20.6 Å². The SMILES string of the molecule is CNc1nc(C)nc2cc(OC)c(OC[C@@]3([SiH3])CNCCO3)cc12. The Labute approximate surface area is 144 Å². The van der Waals surface area contributed by atoms with Gasteiger partial charge < -0.3 is 24.8 Å². The Morgan fingerprint density at radius 2 is 2.21 bits per heavy atom. The number of anilines is 1. The van der Waals surface area contributed by atoms with Crippen LogP contribution in [0.2, 0.25) is 0 Å². The highest BCUT2D eigenvalue weighted by Gasteiger charge is 2.29. The normalized spacial score (nSPS) is 21.0. The number of rotatable bonds is 5. The number of hydrogen-bond acceptors (Lipinski definition) is 7. The molecule has 0 bridgehead atoms. The van der Waals surface area contributed by atoms with Crippen LogP contribution in [0.1, 0.15) is 5.82 Å². The first-order valence-electron chi connectivity index (χ1n) is 8.06. The lowest BCUT2D eigenvalue weighted by atomic mass is 10.2. The molecule has 1 aliphatic heterocycles. The average Bonchev–Trinajstić information content (AvgIpc) is 2.59. The molecule has 1 aliphatic rings. The maximum absolute atomic E-state index is 6.07. The molecule has 2 heterocycles. The molecule has 7 nitrogen and oxygen atoms in total. The molecule has 2 N–H and O–H groups in total. The van der Waals surface area contributed by atoms with E-state index in [9.17, 15) is 0 Å². The molecule has 8 heteroatoms. The number of morpholine rings is 1. The molecule has 3 rings (SSSR count). The van der Waals surface area contributed by atoms with Crippen LogP contribution in [0.4, 0.5) is 5.82 Å². The van der Waals surface area contributed by atoms with Crippen LogP contribution in [0, 0.1) is 6.92 Å². The molecule has 0 unspecified atom stereocenters. The third-order valence-electron chi connectivity index (χ3n) is 4.09. The summed E-state index contributed by atoms with van der Waals surface area (Å²) < 4.78 is 17.5. The third kappa shape index (κ3) is 3.45. The van der Waals surface area contributed by atoms with Crippen molar-refractivity contribution in [2.24, 2.45) is 0 Å². The van der Waals surface area contributed by atoms with Crippen molar-refractivity contribution in [3.05, 3.63) is 18.0 Å². The van der Waals surface area contributed by atoms with E-state index in [0.29, 0.717) is 23.9 Å². The van der Waals surface area contributed by atoms with Gasteiger partial charge in [0.25, 0.3) is 0 Å². The van der Waals surface area contributed by atoms with Crippen LogP contribution in [0.3, 0.4) is 0 Å². The highest BCUT2D eigenvalue weighted by atomic mass is 28.1. The summed E-state index contributed by atoms with van der Waals surface area (Å²) in [4.78, 5) is 8.92. The zero-order valence-corrected chi connectivity index (χ0v) is 16.6. The van der Waals surface area contributed by atoms with E-state index < -0.39 is 0 Å². The van der Waals surface area contributed by atoms with Crippen LogP contribution in [0.15, 0.2) is 12.1 Å². The molecule has 1 aromatic carbocycles. The van der Waals surface area contributed by atoms with Gasteiger partial charge in [-0.2, -0.15) is 0 Å². The number of hydrogen-bond donors (Lipinski definition) is 2. The van der Waals surface area contributed by atoms with E-state index in [-0.39, 0.29) is 5.22 Å². The monoisotopic (exact) mass is 348 g/mol. The number of fused-ring (bicyclic) bond motifs is 1. The fourth-order valence-corrected chi connectivity index (χ4v) is 3.41. The summed E-state index contributed by atoms with van der Waals surface area (Å²) in [7, 11) is 4.37. The average molecular weight is 348 g/mol. The van der Waals surface area contributed by atoms with E-state index in [1.807, 2.05) is 26.1 Å². The fraction of sp³-hybridized carbons (Fsp3) is 0.500. The van der Waals surface area contributed by atoms with Gasteiger partial charge in [-0.3, -0.25) is 0 Å². The number of benzene rings is 1. The minimum atomic E-state index is -0.214. The van der Waals surface area contributed by atoms with Crippen molar-refractivity contribution in [1.82, 2.24) is 15.3 Å². The summed E-state index contributed by atoms with van der Waals surface area (Å²) in [5.74, 6) is 2.83. The summed E-state index contributed by atoms with van der Waals surface area (Å²) in [5.41, 5.74) is 0.826. The van der Waals surface area contributed by atoms with E-state index in [0.717, 1.165) is 46.7 Å². The molecular weight excluding hydrogens is 324 g/mol. The highest BCUT2D eigenvalue weighted by Crippen LogP contribution is 2.34. The van der Waals surface area contributed by atoms with Crippen LogP contribution in [-0.4, -0.2) is 65.9 Å². The first-order chi connectivity index (χ1) is 11.5. The minimum absolute atomic E-state index is 0.214. The molecule has 1 atom stereocenters. The van der Waals surface area contributed by atoms with Crippen molar-refractivity contribution in [2.75, 3.05) is 45.8 Å². The molecule has 0 aliphatic carbocycles. The molecule has 1 aromatic heterocycles. The van der Waals surface area contributed by atoms with Gasteiger partial charge in [0, 0.05) is 41.8 Å². The van der Waals surface area contributed by atoms with E-state index in [4.69, 9.17) is 14.2 Å². The molecule has 0 saturated carbocycles. The van der Waals surface area contributed by atoms with Crippen molar-refractivity contribution in [1.29, 1.82) is 0 Å². The Morgan fingerprint density at radius 3 is 2.88 bits per heavy atom. The molecule has 24 heavy (non-hydrogen) atoms. The Bertz CT molecular complexity index is 735. The summed E-state index contributed by atoms with van der Waals surface area (Å²) in [6.45, 7) is 4.80. The van der Waals surface area contributed by atoms with Crippen LogP contribution in [0.25, 0.3) is 10.9 Å². The van der Waals surface area contributed by atoms with Crippen LogP contribution < -0.4 is 20.1 Å². The lowest BCUT2D eigenvalue weighted by molar-refractivity contribution is -0.0324. The molecule has 0 spiro atoms. The van der Waals surface area contributed by atoms with Gasteiger partial charge >= 0.3 is 0 Å². The first-order valence-corrected chi connectivity index (χ1v) is 9.06. The molecule has 1 fully saturated rings. The third-order valence-corrected chi connectivity index (χ3v) is 5.02. The number of nitrogens with one attached hydrogen (secondary N) is 2. The molecule has 0 amide bonds. The molecular formula is C16H24N4O3Si. The van der Waals surface area contributed by atoms with Gasteiger partial charge in [-0.05, 0) is 13.0 Å². The van der Waals surface area contributed by atoms with Crippen molar-refractivity contribution < 1.29 is 14.2 Å². The number of methoxy groups -OCH3 is 1. The van der Waals surface area contributed by atoms with Gasteiger partial charge in [0.05, 0.1) is 24.5 Å². The predicted molar refractivity (Wildman–Crippen MR) is 97.4 cm³/mol. The van der Waals surface area contributed by atoms with E-state index >= 15 is 0 Å². The van der Waals surface area contributed by atoms with Gasteiger partial charge in [-0.25, -0.2) is 9.97 Å². The van der Waals surface area contributed by atoms with E-state index in [1.54, 1.807) is 7.11 Å². The van der Waals surface area contributed by atoms with Gasteiger partial charge in [-0.15, -0.1) is 0 Å². The summed E-state index contributed by atoms with van der Waals surface area (Å²) in [5, 5.41) is 7.17. The molecule has 130 valence electrons. The maximum atomic E-state index is 6.07. The summed E-state index contributed by atoms with van der Waals surface area (Å²) in [6, 6.07) is 3.82. The molecule has 1 saturated heterocycles. The quantitative estimate of drug-likeness (QED) is 0.739. The maximum Gasteiger partial charge on any atom is 0.162 e. The Hall–Kier alpha value is -1.90. The second-order valence-electron chi connectivity index (χ2n) is 6.15. The number of nitrogens with zero attached hydrogens (tertiary/aromatic N) is 2. The van der Waals surface area contributed by atoms with Gasteiger partial charge in [0.15, 0.2) is 11.5 Å². The lowest BCUT2D eigenvalue weighted by Gasteiger charge is -2.34. The topological polar surface area (TPSA) is 77.5 Å². The van der Waals surface area contributed by atoms with Crippen molar-refractivity contribution in [2.45, 2.75) is 12.1 Å². The van der Waals surface area contributed by atoms with Crippen LogP contribution in [0.5, 0.6) is 11.5 Å². The lowest BCUT2D eigenvalue weighted by Crippen LogP contribution is -2.53. The zero-order valence-electron chi connectivity index (χ0n) is 14.6. The summed E-state index contributed by atoms with van der Waals surface area (Å²) >= 11 is 0. The van der Waals surface area contributed by atoms with E-state index in [1.165, 1.54) is 0 Å². The second-order valence-corrected chi connectivity index (χ2v) is 7.98. The minimum Gasteiger partial charge on any atom is -0.493 e. The number of aromatic nitrogens is 2. The van der Waals surface area contributed by atoms with Gasteiger partial charge in [0.1, 0.15) is 18.2 Å². The van der Waals surface area contributed by atoms with Crippen molar-refractivity contribution >= 4 is 27.0 Å². The Kier molecular flexibility index (Phi) is 4.88. The Morgan fingerprint density at radius 1 is 1.38 bits per heavy atom. The standard InChI is InChI=1S/C16H24N4O3Si/c1-10-19-12-7-13(21-3)14(6-11(12)15(17-2)20-10)22-9-16(24)8-18-4-5-23-16/h6-7,18H,4-5,8-9H2,1-3,24H3,(H,17,19,20)/t16-/m0/s1. The fourth-order valence-electron chi connectivity index (χ4n) is 2.81. The highest BCUT2D eigenvalue weighted by molar-refractivity contribution is 6.15. The smallest absolute Gasteiger partial charge is 0.162 e. The number of aryl methyl sites for hydroxylation is 1. The molecule has 2 aromatic rings. The second kappa shape index (κ2) is 6.92. The largest absolute Gasteiger partial charge is 0.493 e.